The van der Waals surface area contributed by atoms with E-state index in [1.54, 1.807) is 35.9 Å². The van der Waals surface area contributed by atoms with Crippen molar-refractivity contribution in [2.45, 2.75) is 18.4 Å². The van der Waals surface area contributed by atoms with Gasteiger partial charge in [0.25, 0.3) is 10.0 Å². The SMILES string of the molecule is CCOC(=O)c1cnc2c(cnn2-c2ccccc2)c1N(Cc1ccccc1)S(=O)(=O)c1ccc(F)cc1. The molecule has 0 N–H and O–H groups in total. The number of carbonyl (C=O) groups excluding carboxylic acids is 1. The van der Waals surface area contributed by atoms with Crippen LogP contribution in [0.15, 0.2) is 102 Å². The molecule has 0 aliphatic heterocycles. The van der Waals surface area contributed by atoms with Crippen molar-refractivity contribution >= 4 is 32.7 Å². The number of carbonyl (C=O) groups is 1. The standard InChI is InChI=1S/C28H23FN4O4S/c1-2-37-28(34)25-17-30-27-24(18-31-33(27)22-11-7-4-8-12-22)26(25)32(19-20-9-5-3-6-10-20)38(35,36)23-15-13-21(29)14-16-23/h3-18H,2,19H2,1H3. The Morgan fingerprint density at radius 2 is 1.61 bits per heavy atom. The number of hydrogen-bond acceptors (Lipinski definition) is 6. The number of nitrogens with zero attached hydrogens (tertiary/aromatic N) is 4. The molecule has 2 heterocycles. The van der Waals surface area contributed by atoms with Crippen LogP contribution in [0.4, 0.5) is 10.1 Å². The minimum Gasteiger partial charge on any atom is -0.462 e. The van der Waals surface area contributed by atoms with Crippen molar-refractivity contribution < 1.29 is 22.3 Å². The Kier molecular flexibility index (Phi) is 6.89. The molecular formula is C28H23FN4O4S. The largest absolute Gasteiger partial charge is 0.462 e. The van der Waals surface area contributed by atoms with E-state index in [0.717, 1.165) is 16.4 Å². The first-order valence-electron chi connectivity index (χ1n) is 11.8. The number of hydrogen-bond donors (Lipinski definition) is 0. The number of para-hydroxylation sites is 1. The van der Waals surface area contributed by atoms with Crippen LogP contribution in [0.3, 0.4) is 0 Å². The van der Waals surface area contributed by atoms with Gasteiger partial charge < -0.3 is 4.74 Å². The Labute approximate surface area is 219 Å². The molecule has 0 amide bonds. The minimum atomic E-state index is -4.29. The maximum absolute atomic E-state index is 14.1. The van der Waals surface area contributed by atoms with Crippen molar-refractivity contribution in [1.29, 1.82) is 0 Å². The van der Waals surface area contributed by atoms with E-state index < -0.39 is 21.8 Å². The van der Waals surface area contributed by atoms with Gasteiger partial charge in [-0.2, -0.15) is 5.10 Å². The predicted molar refractivity (Wildman–Crippen MR) is 141 cm³/mol. The summed E-state index contributed by atoms with van der Waals surface area (Å²) >= 11 is 0. The Hall–Kier alpha value is -4.57. The number of benzene rings is 3. The number of pyridine rings is 1. The number of anilines is 1. The normalized spacial score (nSPS) is 11.4. The summed E-state index contributed by atoms with van der Waals surface area (Å²) in [7, 11) is -4.29. The van der Waals surface area contributed by atoms with Gasteiger partial charge in [-0.25, -0.2) is 27.3 Å². The first kappa shape index (κ1) is 25.1. The summed E-state index contributed by atoms with van der Waals surface area (Å²) in [5.41, 5.74) is 1.78. The summed E-state index contributed by atoms with van der Waals surface area (Å²) in [4.78, 5) is 17.4. The fourth-order valence-electron chi connectivity index (χ4n) is 4.12. The Morgan fingerprint density at radius 1 is 0.947 bits per heavy atom. The van der Waals surface area contributed by atoms with Gasteiger partial charge in [-0.1, -0.05) is 48.5 Å². The van der Waals surface area contributed by atoms with Crippen LogP contribution in [0.1, 0.15) is 22.8 Å². The third-order valence-electron chi connectivity index (χ3n) is 5.89. The fraction of sp³-hybridized carbons (Fsp3) is 0.107. The van der Waals surface area contributed by atoms with Gasteiger partial charge in [0.15, 0.2) is 5.65 Å². The Morgan fingerprint density at radius 3 is 2.26 bits per heavy atom. The van der Waals surface area contributed by atoms with Crippen LogP contribution in [0.25, 0.3) is 16.7 Å². The average Bonchev–Trinajstić information content (AvgIpc) is 3.37. The fourth-order valence-corrected chi connectivity index (χ4v) is 5.61. The van der Waals surface area contributed by atoms with Crippen LogP contribution in [0.2, 0.25) is 0 Å². The monoisotopic (exact) mass is 530 g/mol. The molecule has 0 saturated heterocycles. The number of sulfonamides is 1. The molecule has 3 aromatic carbocycles. The first-order chi connectivity index (χ1) is 18.4. The zero-order chi connectivity index (χ0) is 26.7. The first-order valence-corrected chi connectivity index (χ1v) is 13.3. The van der Waals surface area contributed by atoms with Crippen molar-refractivity contribution in [1.82, 2.24) is 14.8 Å². The zero-order valence-corrected chi connectivity index (χ0v) is 21.2. The zero-order valence-electron chi connectivity index (χ0n) is 20.4. The summed E-state index contributed by atoms with van der Waals surface area (Å²) in [5.74, 6) is -1.29. The van der Waals surface area contributed by atoms with Crippen molar-refractivity contribution in [3.63, 3.8) is 0 Å². The smallest absolute Gasteiger partial charge is 0.341 e. The second-order valence-corrected chi connectivity index (χ2v) is 10.2. The van der Waals surface area contributed by atoms with Crippen LogP contribution in [-0.4, -0.2) is 35.8 Å². The molecule has 8 nitrogen and oxygen atoms in total. The van der Waals surface area contributed by atoms with Gasteiger partial charge in [-0.05, 0) is 48.9 Å². The Balaban J connectivity index is 1.79. The summed E-state index contributed by atoms with van der Waals surface area (Å²) < 4.78 is 49.9. The van der Waals surface area contributed by atoms with Gasteiger partial charge >= 0.3 is 5.97 Å². The highest BCUT2D eigenvalue weighted by atomic mass is 32.2. The van der Waals surface area contributed by atoms with Gasteiger partial charge in [0, 0.05) is 6.20 Å². The molecule has 192 valence electrons. The maximum atomic E-state index is 14.1. The lowest BCUT2D eigenvalue weighted by Crippen LogP contribution is -2.32. The van der Waals surface area contributed by atoms with Gasteiger partial charge in [-0.15, -0.1) is 0 Å². The quantitative estimate of drug-likeness (QED) is 0.258. The van der Waals surface area contributed by atoms with E-state index in [9.17, 15) is 17.6 Å². The minimum absolute atomic E-state index is 0.0337. The number of esters is 1. The van der Waals surface area contributed by atoms with Crippen LogP contribution in [-0.2, 0) is 21.3 Å². The molecular weight excluding hydrogens is 507 g/mol. The highest BCUT2D eigenvalue weighted by Gasteiger charge is 2.32. The molecule has 5 rings (SSSR count). The van der Waals surface area contributed by atoms with E-state index in [1.165, 1.54) is 24.5 Å². The molecule has 0 aliphatic rings. The molecule has 38 heavy (non-hydrogen) atoms. The number of fused-ring (bicyclic) bond motifs is 1. The molecule has 0 bridgehead atoms. The van der Waals surface area contributed by atoms with Crippen molar-refractivity contribution in [2.24, 2.45) is 0 Å². The van der Waals surface area contributed by atoms with Crippen LogP contribution >= 0.6 is 0 Å². The van der Waals surface area contributed by atoms with Crippen LogP contribution in [0, 0.1) is 5.82 Å². The summed E-state index contributed by atoms with van der Waals surface area (Å²) in [5, 5.41) is 4.79. The highest BCUT2D eigenvalue weighted by molar-refractivity contribution is 7.92. The van der Waals surface area contributed by atoms with Crippen molar-refractivity contribution in [2.75, 3.05) is 10.9 Å². The third-order valence-corrected chi connectivity index (χ3v) is 7.65. The molecule has 10 heteroatoms. The number of halogens is 1. The molecule has 0 spiro atoms. The number of rotatable bonds is 8. The van der Waals surface area contributed by atoms with Gasteiger partial charge in [0.2, 0.25) is 0 Å². The molecule has 2 aromatic heterocycles. The van der Waals surface area contributed by atoms with Crippen LogP contribution < -0.4 is 4.31 Å². The number of aromatic nitrogens is 3. The van der Waals surface area contributed by atoms with E-state index in [1.807, 2.05) is 36.4 Å². The lowest BCUT2D eigenvalue weighted by atomic mass is 10.1. The summed E-state index contributed by atoms with van der Waals surface area (Å²) in [6.07, 6.45) is 2.78. The molecule has 0 aliphatic carbocycles. The van der Waals surface area contributed by atoms with E-state index >= 15 is 0 Å². The van der Waals surface area contributed by atoms with Crippen LogP contribution in [0.5, 0.6) is 0 Å². The summed E-state index contributed by atoms with van der Waals surface area (Å²) in [6, 6.07) is 22.7. The number of ether oxygens (including phenoxy) is 1. The third kappa shape index (κ3) is 4.73. The molecule has 0 fully saturated rings. The second kappa shape index (κ2) is 10.4. The lowest BCUT2D eigenvalue weighted by molar-refractivity contribution is 0.0527. The predicted octanol–water partition coefficient (Wildman–Crippen LogP) is 5.13. The van der Waals surface area contributed by atoms with E-state index in [2.05, 4.69) is 10.1 Å². The molecule has 0 atom stereocenters. The second-order valence-electron chi connectivity index (χ2n) is 8.32. The van der Waals surface area contributed by atoms with Gasteiger partial charge in [-0.3, -0.25) is 4.31 Å². The van der Waals surface area contributed by atoms with Crippen molar-refractivity contribution in [3.8, 4) is 5.69 Å². The summed E-state index contributed by atoms with van der Waals surface area (Å²) in [6.45, 7) is 1.64. The Bertz CT molecular complexity index is 1690. The van der Waals surface area contributed by atoms with E-state index in [-0.39, 0.29) is 29.3 Å². The van der Waals surface area contributed by atoms with Gasteiger partial charge in [0.05, 0.1) is 41.0 Å². The maximum Gasteiger partial charge on any atom is 0.341 e. The lowest BCUT2D eigenvalue weighted by Gasteiger charge is -2.27. The molecule has 0 saturated carbocycles. The van der Waals surface area contributed by atoms with E-state index in [0.29, 0.717) is 22.3 Å². The van der Waals surface area contributed by atoms with Crippen molar-refractivity contribution in [3.05, 3.63) is 114 Å². The topological polar surface area (TPSA) is 94.4 Å². The highest BCUT2D eigenvalue weighted by Crippen LogP contribution is 2.36. The average molecular weight is 531 g/mol. The molecule has 0 radical (unpaired) electrons. The van der Waals surface area contributed by atoms with E-state index in [4.69, 9.17) is 4.74 Å². The van der Waals surface area contributed by atoms with Gasteiger partial charge in [0.1, 0.15) is 11.4 Å². The molecule has 0 unspecified atom stereocenters. The molecule has 5 aromatic rings.